The monoisotopic (exact) mass is 252 g/mol. The molecule has 0 aromatic carbocycles. The third kappa shape index (κ3) is 4.42. The van der Waals surface area contributed by atoms with Gasteiger partial charge in [0, 0.05) is 31.9 Å². The molecule has 0 unspecified atom stereocenters. The highest BCUT2D eigenvalue weighted by atomic mass is 15.3. The first kappa shape index (κ1) is 15.2. The lowest BCUT2D eigenvalue weighted by Gasteiger charge is -2.18. The van der Waals surface area contributed by atoms with Crippen molar-refractivity contribution in [1.29, 1.82) is 0 Å². The summed E-state index contributed by atoms with van der Waals surface area (Å²) < 4.78 is 2.13. The second kappa shape index (κ2) is 8.27. The number of hydrogen-bond donors (Lipinski definition) is 1. The molecule has 0 aliphatic carbocycles. The van der Waals surface area contributed by atoms with Crippen molar-refractivity contribution < 1.29 is 0 Å². The van der Waals surface area contributed by atoms with Crippen molar-refractivity contribution in [1.82, 2.24) is 20.0 Å². The van der Waals surface area contributed by atoms with E-state index in [4.69, 9.17) is 0 Å². The number of aromatic nitrogens is 2. The van der Waals surface area contributed by atoms with Gasteiger partial charge in [0.25, 0.3) is 0 Å². The zero-order valence-corrected chi connectivity index (χ0v) is 12.3. The minimum absolute atomic E-state index is 0.486. The maximum absolute atomic E-state index is 4.40. The van der Waals surface area contributed by atoms with E-state index in [1.54, 1.807) is 0 Å². The Morgan fingerprint density at radius 1 is 1.33 bits per heavy atom. The van der Waals surface area contributed by atoms with Crippen LogP contribution in [-0.2, 0) is 6.54 Å². The van der Waals surface area contributed by atoms with Gasteiger partial charge in [-0.3, -0.25) is 4.68 Å². The van der Waals surface area contributed by atoms with Gasteiger partial charge in [-0.15, -0.1) is 0 Å². The first-order valence-electron chi connectivity index (χ1n) is 7.18. The van der Waals surface area contributed by atoms with Gasteiger partial charge in [0.1, 0.15) is 0 Å². The van der Waals surface area contributed by atoms with E-state index in [0.29, 0.717) is 6.04 Å². The normalized spacial score (nSPS) is 13.2. The molecule has 0 bridgehead atoms. The Hall–Kier alpha value is -0.870. The van der Waals surface area contributed by atoms with Crippen molar-refractivity contribution in [2.45, 2.75) is 46.7 Å². The number of nitrogens with zero attached hydrogens (tertiary/aromatic N) is 3. The van der Waals surface area contributed by atoms with E-state index in [1.807, 2.05) is 6.20 Å². The van der Waals surface area contributed by atoms with E-state index in [2.05, 4.69) is 53.8 Å². The Kier molecular flexibility index (Phi) is 6.98. The molecule has 1 N–H and O–H groups in total. The summed E-state index contributed by atoms with van der Waals surface area (Å²) in [5, 5.41) is 7.90. The summed E-state index contributed by atoms with van der Waals surface area (Å²) in [5.41, 5.74) is 1.28. The molecule has 0 saturated carbocycles. The predicted molar refractivity (Wildman–Crippen MR) is 76.7 cm³/mol. The Morgan fingerprint density at radius 3 is 2.67 bits per heavy atom. The van der Waals surface area contributed by atoms with Crippen LogP contribution >= 0.6 is 0 Å². The molecular formula is C14H28N4. The molecule has 18 heavy (non-hydrogen) atoms. The first-order chi connectivity index (χ1) is 8.72. The molecule has 104 valence electrons. The molecule has 0 saturated heterocycles. The fourth-order valence-corrected chi connectivity index (χ4v) is 2.04. The largest absolute Gasteiger partial charge is 0.310 e. The summed E-state index contributed by atoms with van der Waals surface area (Å²) >= 11 is 0. The van der Waals surface area contributed by atoms with Crippen LogP contribution in [0.2, 0.25) is 0 Å². The van der Waals surface area contributed by atoms with Gasteiger partial charge in [0.05, 0.1) is 5.69 Å². The predicted octanol–water partition coefficient (Wildman–Crippen LogP) is 2.29. The molecule has 1 aromatic rings. The topological polar surface area (TPSA) is 33.1 Å². The maximum Gasteiger partial charge on any atom is 0.0525 e. The van der Waals surface area contributed by atoms with Gasteiger partial charge in [-0.2, -0.15) is 5.10 Å². The second-order valence-electron chi connectivity index (χ2n) is 4.73. The summed E-state index contributed by atoms with van der Waals surface area (Å²) in [6.07, 6.45) is 3.02. The van der Waals surface area contributed by atoms with E-state index in [-0.39, 0.29) is 0 Å². The zero-order valence-electron chi connectivity index (χ0n) is 12.3. The molecule has 0 radical (unpaired) electrons. The number of nitrogens with one attached hydrogen (secondary N) is 1. The van der Waals surface area contributed by atoms with Crippen LogP contribution in [0.4, 0.5) is 0 Å². The van der Waals surface area contributed by atoms with Crippen LogP contribution in [0.25, 0.3) is 0 Å². The molecule has 4 heteroatoms. The van der Waals surface area contributed by atoms with Crippen LogP contribution in [0.5, 0.6) is 0 Å². The number of rotatable bonds is 9. The maximum atomic E-state index is 4.40. The van der Waals surface area contributed by atoms with E-state index >= 15 is 0 Å². The fraction of sp³-hybridized carbons (Fsp3) is 0.786. The summed E-state index contributed by atoms with van der Waals surface area (Å²) in [4.78, 5) is 2.43. The van der Waals surface area contributed by atoms with Crippen LogP contribution < -0.4 is 5.32 Å². The number of likely N-dealkylation sites (N-methyl/N-ethyl adjacent to an activating group) is 1. The highest BCUT2D eigenvalue weighted by Crippen LogP contribution is 2.11. The van der Waals surface area contributed by atoms with Crippen molar-refractivity contribution in [3.63, 3.8) is 0 Å². The van der Waals surface area contributed by atoms with E-state index in [1.165, 1.54) is 5.69 Å². The molecule has 0 aliphatic rings. The van der Waals surface area contributed by atoms with Gasteiger partial charge in [-0.25, -0.2) is 0 Å². The van der Waals surface area contributed by atoms with Gasteiger partial charge >= 0.3 is 0 Å². The Bertz CT molecular complexity index is 317. The van der Waals surface area contributed by atoms with E-state index < -0.39 is 0 Å². The van der Waals surface area contributed by atoms with Crippen molar-refractivity contribution in [2.75, 3.05) is 26.2 Å². The van der Waals surface area contributed by atoms with Crippen LogP contribution in [0.15, 0.2) is 12.3 Å². The Labute approximate surface area is 111 Å². The highest BCUT2D eigenvalue weighted by molar-refractivity contribution is 5.01. The van der Waals surface area contributed by atoms with Gasteiger partial charge < -0.3 is 10.2 Å². The van der Waals surface area contributed by atoms with Crippen LogP contribution in [0.1, 0.15) is 45.9 Å². The lowest BCUT2D eigenvalue weighted by molar-refractivity contribution is 0.301. The molecule has 0 aliphatic heterocycles. The minimum atomic E-state index is 0.486. The number of hydrogen-bond acceptors (Lipinski definition) is 3. The Morgan fingerprint density at radius 2 is 2.06 bits per heavy atom. The van der Waals surface area contributed by atoms with Gasteiger partial charge in [-0.1, -0.05) is 20.8 Å². The quantitative estimate of drug-likeness (QED) is 0.685. The molecule has 0 amide bonds. The molecule has 0 spiro atoms. The smallest absolute Gasteiger partial charge is 0.0525 e. The Balaban J connectivity index is 2.33. The van der Waals surface area contributed by atoms with Crippen LogP contribution in [0.3, 0.4) is 0 Å². The highest BCUT2D eigenvalue weighted by Gasteiger charge is 2.07. The van der Waals surface area contributed by atoms with E-state index in [0.717, 1.165) is 39.1 Å². The molecular weight excluding hydrogens is 224 g/mol. The van der Waals surface area contributed by atoms with Crippen LogP contribution in [0, 0.1) is 0 Å². The first-order valence-corrected chi connectivity index (χ1v) is 7.18. The molecule has 4 nitrogen and oxygen atoms in total. The van der Waals surface area contributed by atoms with E-state index in [9.17, 15) is 0 Å². The SMILES string of the molecule is CC[C@H](C)n1nccc1CNCCN(CC)CC. The molecule has 1 aromatic heterocycles. The molecule has 1 atom stereocenters. The summed E-state index contributed by atoms with van der Waals surface area (Å²) in [7, 11) is 0. The third-order valence-corrected chi connectivity index (χ3v) is 3.57. The van der Waals surface area contributed by atoms with Crippen molar-refractivity contribution in [3.8, 4) is 0 Å². The summed E-state index contributed by atoms with van der Waals surface area (Å²) in [6.45, 7) is 14.1. The molecule has 1 rings (SSSR count). The zero-order chi connectivity index (χ0) is 13.4. The average molecular weight is 252 g/mol. The second-order valence-corrected chi connectivity index (χ2v) is 4.73. The van der Waals surface area contributed by atoms with Crippen molar-refractivity contribution in [3.05, 3.63) is 18.0 Å². The lowest BCUT2D eigenvalue weighted by atomic mass is 10.2. The van der Waals surface area contributed by atoms with Gasteiger partial charge in [-0.05, 0) is 32.5 Å². The van der Waals surface area contributed by atoms with Crippen molar-refractivity contribution in [2.24, 2.45) is 0 Å². The fourth-order valence-electron chi connectivity index (χ4n) is 2.04. The minimum Gasteiger partial charge on any atom is -0.310 e. The summed E-state index contributed by atoms with van der Waals surface area (Å²) in [6, 6.07) is 2.59. The summed E-state index contributed by atoms with van der Waals surface area (Å²) in [5.74, 6) is 0. The van der Waals surface area contributed by atoms with Crippen LogP contribution in [-0.4, -0.2) is 40.9 Å². The van der Waals surface area contributed by atoms with Crippen molar-refractivity contribution >= 4 is 0 Å². The third-order valence-electron chi connectivity index (χ3n) is 3.57. The standard InChI is InChI=1S/C14H28N4/c1-5-13(4)18-14(8-9-16-18)12-15-10-11-17(6-2)7-3/h8-9,13,15H,5-7,10-12H2,1-4H3/t13-/m0/s1. The molecule has 1 heterocycles. The van der Waals surface area contributed by atoms with Gasteiger partial charge in [0.2, 0.25) is 0 Å². The van der Waals surface area contributed by atoms with Gasteiger partial charge in [0.15, 0.2) is 0 Å². The molecule has 0 fully saturated rings. The lowest BCUT2D eigenvalue weighted by Crippen LogP contribution is -2.32. The average Bonchev–Trinajstić information content (AvgIpc) is 2.86.